The summed E-state index contributed by atoms with van der Waals surface area (Å²) in [5.74, 6) is 1.31. The van der Waals surface area contributed by atoms with E-state index in [2.05, 4.69) is 18.7 Å². The Bertz CT molecular complexity index is 111. The fourth-order valence-electron chi connectivity index (χ4n) is 1.21. The Morgan fingerprint density at radius 1 is 1.38 bits per heavy atom. The van der Waals surface area contributed by atoms with E-state index in [0.717, 1.165) is 38.7 Å². The first-order valence-electron chi connectivity index (χ1n) is 5.10. The molecular weight excluding hydrogens is 186 g/mol. The molecule has 0 aliphatic rings. The van der Waals surface area contributed by atoms with E-state index in [1.165, 1.54) is 0 Å². The van der Waals surface area contributed by atoms with Gasteiger partial charge < -0.3 is 9.64 Å². The molecule has 2 nitrogen and oxygen atoms in total. The first-order valence-corrected chi connectivity index (χ1v) is 5.64. The third kappa shape index (κ3) is 7.29. The van der Waals surface area contributed by atoms with Crippen LogP contribution in [0, 0.1) is 5.92 Å². The van der Waals surface area contributed by atoms with Crippen molar-refractivity contribution in [3.05, 3.63) is 0 Å². The molecule has 1 atom stereocenters. The highest BCUT2D eigenvalue weighted by atomic mass is 35.5. The van der Waals surface area contributed by atoms with Crippen molar-refractivity contribution in [2.45, 2.75) is 20.8 Å². The van der Waals surface area contributed by atoms with Gasteiger partial charge in [0.05, 0.1) is 6.61 Å². The van der Waals surface area contributed by atoms with E-state index < -0.39 is 0 Å². The van der Waals surface area contributed by atoms with Crippen LogP contribution in [-0.2, 0) is 4.74 Å². The van der Waals surface area contributed by atoms with Gasteiger partial charge in [-0.15, -0.1) is 11.6 Å². The summed E-state index contributed by atoms with van der Waals surface area (Å²) in [6.07, 6.45) is 0. The maximum atomic E-state index is 5.76. The number of likely N-dealkylation sites (N-methyl/N-ethyl adjacent to an activating group) is 1. The molecule has 80 valence electrons. The standard InChI is InChI=1S/C10H22ClNO/c1-4-12(6-7-13-5-2)9-10(3)8-11/h10H,4-9H2,1-3H3. The number of ether oxygens (including phenoxy) is 1. The molecular formula is C10H22ClNO. The van der Waals surface area contributed by atoms with E-state index in [0.29, 0.717) is 5.92 Å². The molecule has 0 aromatic heterocycles. The van der Waals surface area contributed by atoms with Crippen molar-refractivity contribution < 1.29 is 4.74 Å². The van der Waals surface area contributed by atoms with Crippen LogP contribution in [0.1, 0.15) is 20.8 Å². The first kappa shape index (κ1) is 13.2. The molecule has 13 heavy (non-hydrogen) atoms. The summed E-state index contributed by atoms with van der Waals surface area (Å²) < 4.78 is 5.31. The summed E-state index contributed by atoms with van der Waals surface area (Å²) in [4.78, 5) is 2.38. The van der Waals surface area contributed by atoms with E-state index in [-0.39, 0.29) is 0 Å². The van der Waals surface area contributed by atoms with Crippen LogP contribution in [0.5, 0.6) is 0 Å². The quantitative estimate of drug-likeness (QED) is 0.447. The highest BCUT2D eigenvalue weighted by Gasteiger charge is 2.06. The molecule has 0 bridgehead atoms. The van der Waals surface area contributed by atoms with Gasteiger partial charge in [-0.25, -0.2) is 0 Å². The molecule has 0 saturated carbocycles. The molecule has 0 N–H and O–H groups in total. The maximum absolute atomic E-state index is 5.76. The molecule has 0 saturated heterocycles. The predicted octanol–water partition coefficient (Wildman–Crippen LogP) is 2.22. The van der Waals surface area contributed by atoms with Crippen LogP contribution in [0.25, 0.3) is 0 Å². The monoisotopic (exact) mass is 207 g/mol. The van der Waals surface area contributed by atoms with Crippen molar-refractivity contribution in [2.24, 2.45) is 5.92 Å². The maximum Gasteiger partial charge on any atom is 0.0593 e. The van der Waals surface area contributed by atoms with Gasteiger partial charge >= 0.3 is 0 Å². The summed E-state index contributed by atoms with van der Waals surface area (Å²) in [7, 11) is 0. The van der Waals surface area contributed by atoms with Gasteiger partial charge in [0.1, 0.15) is 0 Å². The molecule has 0 aliphatic heterocycles. The summed E-state index contributed by atoms with van der Waals surface area (Å²) in [5, 5.41) is 0. The van der Waals surface area contributed by atoms with E-state index >= 15 is 0 Å². The number of nitrogens with zero attached hydrogens (tertiary/aromatic N) is 1. The summed E-state index contributed by atoms with van der Waals surface area (Å²) >= 11 is 5.76. The molecule has 0 radical (unpaired) electrons. The molecule has 0 spiro atoms. The highest BCUT2D eigenvalue weighted by molar-refractivity contribution is 6.18. The lowest BCUT2D eigenvalue weighted by atomic mass is 10.2. The second-order valence-electron chi connectivity index (χ2n) is 3.35. The molecule has 3 heteroatoms. The van der Waals surface area contributed by atoms with Gasteiger partial charge in [-0.05, 0) is 19.4 Å². The van der Waals surface area contributed by atoms with Gasteiger partial charge in [0.2, 0.25) is 0 Å². The van der Waals surface area contributed by atoms with Crippen molar-refractivity contribution >= 4 is 11.6 Å². The smallest absolute Gasteiger partial charge is 0.0593 e. The van der Waals surface area contributed by atoms with E-state index in [1.54, 1.807) is 0 Å². The molecule has 0 aromatic carbocycles. The van der Waals surface area contributed by atoms with Gasteiger partial charge in [-0.3, -0.25) is 0 Å². The molecule has 0 amide bonds. The largest absolute Gasteiger partial charge is 0.380 e. The van der Waals surface area contributed by atoms with Crippen LogP contribution in [-0.4, -0.2) is 43.6 Å². The Hall–Kier alpha value is 0.210. The van der Waals surface area contributed by atoms with E-state index in [1.807, 2.05) is 6.92 Å². The molecule has 0 aromatic rings. The average molecular weight is 208 g/mol. The molecule has 1 unspecified atom stereocenters. The van der Waals surface area contributed by atoms with Gasteiger partial charge in [0.25, 0.3) is 0 Å². The van der Waals surface area contributed by atoms with Crippen molar-refractivity contribution in [3.8, 4) is 0 Å². The van der Waals surface area contributed by atoms with Crippen molar-refractivity contribution in [3.63, 3.8) is 0 Å². The van der Waals surface area contributed by atoms with E-state index in [9.17, 15) is 0 Å². The highest BCUT2D eigenvalue weighted by Crippen LogP contribution is 2.01. The minimum atomic E-state index is 0.572. The number of hydrogen-bond donors (Lipinski definition) is 0. The molecule has 0 rings (SSSR count). The topological polar surface area (TPSA) is 12.5 Å². The second kappa shape index (κ2) is 8.79. The summed E-state index contributed by atoms with van der Waals surface area (Å²) in [6, 6.07) is 0. The zero-order valence-corrected chi connectivity index (χ0v) is 9.81. The van der Waals surface area contributed by atoms with Crippen LogP contribution < -0.4 is 0 Å². The second-order valence-corrected chi connectivity index (χ2v) is 3.66. The predicted molar refractivity (Wildman–Crippen MR) is 58.5 cm³/mol. The minimum Gasteiger partial charge on any atom is -0.380 e. The molecule has 0 fully saturated rings. The zero-order valence-electron chi connectivity index (χ0n) is 9.05. The van der Waals surface area contributed by atoms with Gasteiger partial charge in [0.15, 0.2) is 0 Å². The number of hydrogen-bond acceptors (Lipinski definition) is 2. The van der Waals surface area contributed by atoms with Crippen molar-refractivity contribution in [1.29, 1.82) is 0 Å². The lowest BCUT2D eigenvalue weighted by Crippen LogP contribution is -2.32. The van der Waals surface area contributed by atoms with Gasteiger partial charge in [0, 0.05) is 25.6 Å². The normalized spacial score (nSPS) is 13.6. The number of halogens is 1. The average Bonchev–Trinajstić information content (AvgIpc) is 2.16. The SMILES string of the molecule is CCOCCN(CC)CC(C)CCl. The third-order valence-corrected chi connectivity index (χ3v) is 2.56. The molecule has 0 aliphatic carbocycles. The Kier molecular flexibility index (Phi) is 8.93. The lowest BCUT2D eigenvalue weighted by Gasteiger charge is -2.22. The van der Waals surface area contributed by atoms with Gasteiger partial charge in [-0.1, -0.05) is 13.8 Å². The molecule has 0 heterocycles. The Morgan fingerprint density at radius 2 is 2.08 bits per heavy atom. The fraction of sp³-hybridized carbons (Fsp3) is 1.00. The van der Waals surface area contributed by atoms with Crippen LogP contribution in [0.3, 0.4) is 0 Å². The lowest BCUT2D eigenvalue weighted by molar-refractivity contribution is 0.111. The summed E-state index contributed by atoms with van der Waals surface area (Å²) in [6.45, 7) is 11.2. The van der Waals surface area contributed by atoms with Crippen LogP contribution >= 0.6 is 11.6 Å². The third-order valence-electron chi connectivity index (χ3n) is 2.04. The zero-order chi connectivity index (χ0) is 10.1. The first-order chi connectivity index (χ1) is 6.24. The Balaban J connectivity index is 3.50. The van der Waals surface area contributed by atoms with Crippen molar-refractivity contribution in [1.82, 2.24) is 4.90 Å². The van der Waals surface area contributed by atoms with E-state index in [4.69, 9.17) is 16.3 Å². The van der Waals surface area contributed by atoms with Crippen molar-refractivity contribution in [2.75, 3.05) is 38.7 Å². The Morgan fingerprint density at radius 3 is 2.54 bits per heavy atom. The fourth-order valence-corrected chi connectivity index (χ4v) is 1.30. The number of rotatable bonds is 8. The van der Waals surface area contributed by atoms with Crippen LogP contribution in [0.4, 0.5) is 0 Å². The van der Waals surface area contributed by atoms with Crippen LogP contribution in [0.2, 0.25) is 0 Å². The van der Waals surface area contributed by atoms with Gasteiger partial charge in [-0.2, -0.15) is 0 Å². The Labute approximate surface area is 87.2 Å². The minimum absolute atomic E-state index is 0.572. The number of alkyl halides is 1. The summed E-state index contributed by atoms with van der Waals surface area (Å²) in [5.41, 5.74) is 0. The van der Waals surface area contributed by atoms with Crippen LogP contribution in [0.15, 0.2) is 0 Å².